The van der Waals surface area contributed by atoms with Crippen molar-refractivity contribution in [1.29, 1.82) is 0 Å². The van der Waals surface area contributed by atoms with Crippen molar-refractivity contribution in [2.45, 2.75) is 69.0 Å². The van der Waals surface area contributed by atoms with E-state index in [9.17, 15) is 19.5 Å². The molecule has 1 fully saturated rings. The zero-order chi connectivity index (χ0) is 30.6. The van der Waals surface area contributed by atoms with Crippen LogP contribution in [0.15, 0.2) is 77.7 Å². The zero-order valence-electron chi connectivity index (χ0n) is 24.0. The summed E-state index contributed by atoms with van der Waals surface area (Å²) < 4.78 is 12.9. The number of hydroxylamine groups is 1. The Morgan fingerprint density at radius 1 is 0.860 bits per heavy atom. The van der Waals surface area contributed by atoms with E-state index >= 15 is 0 Å². The molecule has 0 bridgehead atoms. The molecule has 5 N–H and O–H groups in total. The molecular weight excluding hydrogens is 570 g/mol. The van der Waals surface area contributed by atoms with Crippen molar-refractivity contribution in [3.63, 3.8) is 0 Å². The molecule has 1 aliphatic rings. The fourth-order valence-corrected chi connectivity index (χ4v) is 5.58. The monoisotopic (exact) mass is 607 g/mol. The second-order valence-corrected chi connectivity index (χ2v) is 11.4. The number of carbonyl (C=O) groups is 3. The highest BCUT2D eigenvalue weighted by Gasteiger charge is 2.32. The topological polar surface area (TPSA) is 146 Å². The van der Waals surface area contributed by atoms with E-state index in [1.54, 1.807) is 23.3 Å². The molecule has 10 nitrogen and oxygen atoms in total. The highest BCUT2D eigenvalue weighted by Crippen LogP contribution is 2.40. The first-order chi connectivity index (χ1) is 20.8. The first kappa shape index (κ1) is 32.2. The Morgan fingerprint density at radius 3 is 2.26 bits per heavy atom. The van der Waals surface area contributed by atoms with Crippen molar-refractivity contribution in [2.24, 2.45) is 0 Å². The van der Waals surface area contributed by atoms with E-state index in [0.717, 1.165) is 27.3 Å². The highest BCUT2D eigenvalue weighted by atomic mass is 32.2. The number of aliphatic hydroxyl groups excluding tert-OH is 1. The number of nitrogens with one attached hydrogen (secondary N) is 3. The van der Waals surface area contributed by atoms with Crippen LogP contribution in [0, 0.1) is 0 Å². The minimum Gasteiger partial charge on any atom is -0.392 e. The summed E-state index contributed by atoms with van der Waals surface area (Å²) >= 11 is 1.66. The highest BCUT2D eigenvalue weighted by molar-refractivity contribution is 7.99. The van der Waals surface area contributed by atoms with E-state index in [-0.39, 0.29) is 43.5 Å². The summed E-state index contributed by atoms with van der Waals surface area (Å²) in [4.78, 5) is 36.0. The van der Waals surface area contributed by atoms with Gasteiger partial charge in [-0.1, -0.05) is 36.4 Å². The van der Waals surface area contributed by atoms with E-state index in [0.29, 0.717) is 30.7 Å². The SMILES string of the molecule is CC(=O)Nc1ccc(SC[C@H]2C[C@@H](c3ccc(CO)cc3)O[C@@H](c3cccc(NC(=O)CCCCC(=O)NO)c3)O2)cc1. The van der Waals surface area contributed by atoms with Gasteiger partial charge in [-0.15, -0.1) is 11.8 Å². The van der Waals surface area contributed by atoms with Gasteiger partial charge in [-0.2, -0.15) is 0 Å². The number of unbranched alkanes of at least 4 members (excludes halogenated alkanes) is 1. The molecule has 4 rings (SSSR count). The Bertz CT molecular complexity index is 1370. The Labute approximate surface area is 255 Å². The standard InChI is InChI=1S/C32H37N3O7S/c1-21(37)33-25-13-15-28(16-14-25)43-20-27-18-29(23-11-9-22(19-36)10-12-23)42-32(41-27)24-5-4-6-26(17-24)34-30(38)7-2-3-8-31(39)35-40/h4-6,9-17,27,29,32,36,40H,2-3,7-8,18-20H2,1H3,(H,33,37)(H,34,38)(H,35,39)/t27-,29+,32+/m1/s1. The van der Waals surface area contributed by atoms with Crippen LogP contribution in [0.25, 0.3) is 0 Å². The zero-order valence-corrected chi connectivity index (χ0v) is 24.8. The second kappa shape index (κ2) is 16.2. The lowest BCUT2D eigenvalue weighted by Gasteiger charge is -2.36. The van der Waals surface area contributed by atoms with Gasteiger partial charge in [0.25, 0.3) is 0 Å². The molecule has 0 spiro atoms. The number of hydrogen-bond donors (Lipinski definition) is 5. The van der Waals surface area contributed by atoms with E-state index in [1.807, 2.05) is 66.7 Å². The molecule has 1 aliphatic heterocycles. The van der Waals surface area contributed by atoms with Crippen LogP contribution in [0.2, 0.25) is 0 Å². The molecule has 0 saturated carbocycles. The smallest absolute Gasteiger partial charge is 0.243 e. The molecule has 43 heavy (non-hydrogen) atoms. The number of hydrogen-bond acceptors (Lipinski definition) is 8. The number of amides is 3. The van der Waals surface area contributed by atoms with E-state index in [4.69, 9.17) is 14.7 Å². The fraction of sp³-hybridized carbons (Fsp3) is 0.344. The number of aliphatic hydroxyl groups is 1. The molecule has 3 amide bonds. The Kier molecular flexibility index (Phi) is 12.1. The van der Waals surface area contributed by atoms with Crippen molar-refractivity contribution in [1.82, 2.24) is 5.48 Å². The lowest BCUT2D eigenvalue weighted by molar-refractivity contribution is -0.245. The van der Waals surface area contributed by atoms with Gasteiger partial charge in [0.05, 0.1) is 18.8 Å². The van der Waals surface area contributed by atoms with Crippen LogP contribution in [0.1, 0.15) is 68.1 Å². The number of benzene rings is 3. The van der Waals surface area contributed by atoms with Gasteiger partial charge in [0.2, 0.25) is 17.7 Å². The quantitative estimate of drug-likeness (QED) is 0.0743. The maximum atomic E-state index is 12.5. The maximum absolute atomic E-state index is 12.5. The van der Waals surface area contributed by atoms with Gasteiger partial charge in [0, 0.05) is 53.8 Å². The molecule has 3 atom stereocenters. The van der Waals surface area contributed by atoms with Gasteiger partial charge in [0.1, 0.15) is 0 Å². The first-order valence-corrected chi connectivity index (χ1v) is 15.2. The number of anilines is 2. The van der Waals surface area contributed by atoms with Gasteiger partial charge in [-0.05, 0) is 60.4 Å². The van der Waals surface area contributed by atoms with Crippen molar-refractivity contribution < 1.29 is 34.2 Å². The Hall–Kier alpha value is -3.74. The number of ether oxygens (including phenoxy) is 2. The maximum Gasteiger partial charge on any atom is 0.243 e. The lowest BCUT2D eigenvalue weighted by Crippen LogP contribution is -2.31. The molecule has 0 aliphatic carbocycles. The van der Waals surface area contributed by atoms with Crippen LogP contribution in [-0.4, -0.2) is 39.9 Å². The molecule has 1 saturated heterocycles. The third-order valence-corrected chi connectivity index (χ3v) is 7.99. The fourth-order valence-electron chi connectivity index (χ4n) is 4.66. The van der Waals surface area contributed by atoms with Gasteiger partial charge in [0.15, 0.2) is 6.29 Å². The van der Waals surface area contributed by atoms with Crippen LogP contribution in [-0.2, 0) is 30.5 Å². The first-order valence-electron chi connectivity index (χ1n) is 14.2. The van der Waals surface area contributed by atoms with Crippen molar-refractivity contribution in [3.8, 4) is 0 Å². The second-order valence-electron chi connectivity index (χ2n) is 10.3. The van der Waals surface area contributed by atoms with Crippen molar-refractivity contribution in [2.75, 3.05) is 16.4 Å². The summed E-state index contributed by atoms with van der Waals surface area (Å²) in [6, 6.07) is 22.7. The molecule has 1 heterocycles. The van der Waals surface area contributed by atoms with Gasteiger partial charge >= 0.3 is 0 Å². The normalized spacial score (nSPS) is 18.1. The average Bonchev–Trinajstić information content (AvgIpc) is 3.02. The third kappa shape index (κ3) is 10.2. The Morgan fingerprint density at radius 2 is 1.58 bits per heavy atom. The van der Waals surface area contributed by atoms with E-state index < -0.39 is 12.2 Å². The molecule has 0 unspecified atom stereocenters. The van der Waals surface area contributed by atoms with Crippen molar-refractivity contribution in [3.05, 3.63) is 89.5 Å². The van der Waals surface area contributed by atoms with Crippen LogP contribution >= 0.6 is 11.8 Å². The molecule has 3 aromatic carbocycles. The summed E-state index contributed by atoms with van der Waals surface area (Å²) in [5.74, 6) is -0.0871. The minimum atomic E-state index is -0.669. The molecule has 0 aromatic heterocycles. The number of carbonyl (C=O) groups excluding carboxylic acids is 3. The van der Waals surface area contributed by atoms with Crippen LogP contribution in [0.3, 0.4) is 0 Å². The van der Waals surface area contributed by atoms with Gasteiger partial charge in [-0.25, -0.2) is 5.48 Å². The summed E-state index contributed by atoms with van der Waals surface area (Å²) in [6.45, 7) is 1.44. The summed E-state index contributed by atoms with van der Waals surface area (Å²) in [7, 11) is 0. The third-order valence-electron chi connectivity index (χ3n) is 6.85. The largest absolute Gasteiger partial charge is 0.392 e. The lowest BCUT2D eigenvalue weighted by atomic mass is 10.0. The molecule has 11 heteroatoms. The van der Waals surface area contributed by atoms with Crippen LogP contribution < -0.4 is 16.1 Å². The van der Waals surface area contributed by atoms with E-state index in [2.05, 4.69) is 10.6 Å². The van der Waals surface area contributed by atoms with Crippen molar-refractivity contribution >= 4 is 40.9 Å². The van der Waals surface area contributed by atoms with Gasteiger partial charge in [-0.3, -0.25) is 19.6 Å². The summed E-state index contributed by atoms with van der Waals surface area (Å²) in [5.41, 5.74) is 5.52. The Balaban J connectivity index is 1.43. The number of rotatable bonds is 13. The molecule has 228 valence electrons. The van der Waals surface area contributed by atoms with Crippen LogP contribution in [0.4, 0.5) is 11.4 Å². The average molecular weight is 608 g/mol. The molecule has 0 radical (unpaired) electrons. The predicted octanol–water partition coefficient (Wildman–Crippen LogP) is 5.48. The summed E-state index contributed by atoms with van der Waals surface area (Å²) in [6.07, 6.45) is 0.985. The van der Waals surface area contributed by atoms with E-state index in [1.165, 1.54) is 6.92 Å². The predicted molar refractivity (Wildman–Crippen MR) is 163 cm³/mol. The van der Waals surface area contributed by atoms with Crippen LogP contribution in [0.5, 0.6) is 0 Å². The molecule has 3 aromatic rings. The van der Waals surface area contributed by atoms with Gasteiger partial charge < -0.3 is 25.2 Å². The minimum absolute atomic E-state index is 0.0337. The molecular formula is C32H37N3O7S. The number of thioether (sulfide) groups is 1. The summed E-state index contributed by atoms with van der Waals surface area (Å²) in [5, 5.41) is 23.7.